The van der Waals surface area contributed by atoms with Gasteiger partial charge in [0.15, 0.2) is 5.76 Å². The number of fused-ring (bicyclic) bond motifs is 1. The molecule has 0 fully saturated rings. The smallest absolute Gasteiger partial charge is 0.277 e. The van der Waals surface area contributed by atoms with Crippen molar-refractivity contribution in [3.05, 3.63) is 84.3 Å². The van der Waals surface area contributed by atoms with Crippen molar-refractivity contribution in [2.45, 2.75) is 25.6 Å². The number of anilines is 1. The Kier molecular flexibility index (Phi) is 5.97. The summed E-state index contributed by atoms with van der Waals surface area (Å²) < 4.78 is 17.5. The first-order valence-electron chi connectivity index (χ1n) is 11.4. The van der Waals surface area contributed by atoms with E-state index in [-0.39, 0.29) is 18.4 Å². The Hall–Kier alpha value is -4.53. The molecule has 4 aromatic rings. The zero-order valence-electron chi connectivity index (χ0n) is 20.2. The molecule has 184 valence electrons. The third-order valence-corrected chi connectivity index (χ3v) is 6.36. The number of carbonyl (C=O) groups is 2. The number of benzene rings is 2. The lowest BCUT2D eigenvalue weighted by Gasteiger charge is -2.43. The summed E-state index contributed by atoms with van der Waals surface area (Å²) in [6, 6.07) is 19.7. The second kappa shape index (κ2) is 9.26. The highest BCUT2D eigenvalue weighted by Crippen LogP contribution is 2.35. The predicted octanol–water partition coefficient (Wildman–Crippen LogP) is 3.90. The molecule has 9 nitrogen and oxygen atoms in total. The van der Waals surface area contributed by atoms with Crippen LogP contribution in [0.25, 0.3) is 11.5 Å². The lowest BCUT2D eigenvalue weighted by atomic mass is 9.93. The number of carbonyl (C=O) groups excluding carboxylic acids is 2. The summed E-state index contributed by atoms with van der Waals surface area (Å²) in [5, 5.41) is 7.57. The predicted molar refractivity (Wildman–Crippen MR) is 133 cm³/mol. The summed E-state index contributed by atoms with van der Waals surface area (Å²) in [5.41, 5.74) is 1.14. The molecule has 9 heteroatoms. The average Bonchev–Trinajstić information content (AvgIpc) is 3.58. The van der Waals surface area contributed by atoms with E-state index >= 15 is 0 Å². The Balaban J connectivity index is 1.50. The summed E-state index contributed by atoms with van der Waals surface area (Å²) in [4.78, 5) is 29.1. The molecule has 0 saturated heterocycles. The molecular weight excluding hydrogens is 460 g/mol. The Bertz CT molecular complexity index is 1380. The van der Waals surface area contributed by atoms with Crippen LogP contribution in [0.3, 0.4) is 0 Å². The summed E-state index contributed by atoms with van der Waals surface area (Å²) in [6.07, 6.45) is 1.55. The molecule has 2 aromatic carbocycles. The molecule has 1 aliphatic heterocycles. The summed E-state index contributed by atoms with van der Waals surface area (Å²) >= 11 is 0. The molecule has 0 radical (unpaired) electrons. The van der Waals surface area contributed by atoms with Crippen molar-refractivity contribution in [1.82, 2.24) is 15.1 Å². The van der Waals surface area contributed by atoms with Crippen molar-refractivity contribution in [3.8, 4) is 23.0 Å². The number of nitrogens with zero attached hydrogens (tertiary/aromatic N) is 3. The van der Waals surface area contributed by atoms with E-state index in [1.54, 1.807) is 74.6 Å². The summed E-state index contributed by atoms with van der Waals surface area (Å²) in [5.74, 6) is 1.30. The first kappa shape index (κ1) is 23.2. The van der Waals surface area contributed by atoms with E-state index in [0.29, 0.717) is 35.1 Å². The van der Waals surface area contributed by atoms with Crippen molar-refractivity contribution in [2.24, 2.45) is 0 Å². The molecule has 0 spiro atoms. The molecule has 1 N–H and O–H groups in total. The molecule has 2 aromatic heterocycles. The third-order valence-electron chi connectivity index (χ3n) is 6.36. The third kappa shape index (κ3) is 4.08. The SMILES string of the molecule is COc1ccc(CNC(=O)[C@]2(C)Cn3nc(-c4ccco4)cc3C(=O)N2c2ccc(OC)cc2)cc1. The Morgan fingerprint density at radius 3 is 2.33 bits per heavy atom. The van der Waals surface area contributed by atoms with Crippen LogP contribution in [0, 0.1) is 0 Å². The van der Waals surface area contributed by atoms with Gasteiger partial charge in [-0.1, -0.05) is 12.1 Å². The fourth-order valence-corrected chi connectivity index (χ4v) is 4.38. The number of hydrogen-bond acceptors (Lipinski definition) is 6. The summed E-state index contributed by atoms with van der Waals surface area (Å²) in [7, 11) is 3.18. The molecule has 3 heterocycles. The Labute approximate surface area is 208 Å². The monoisotopic (exact) mass is 486 g/mol. The molecule has 0 bridgehead atoms. The Morgan fingerprint density at radius 1 is 1.06 bits per heavy atom. The molecule has 0 saturated carbocycles. The summed E-state index contributed by atoms with van der Waals surface area (Å²) in [6.45, 7) is 2.21. The van der Waals surface area contributed by atoms with Gasteiger partial charge in [-0.3, -0.25) is 19.2 Å². The maximum atomic E-state index is 13.8. The molecule has 5 rings (SSSR count). The van der Waals surface area contributed by atoms with Crippen molar-refractivity contribution < 1.29 is 23.5 Å². The number of nitrogens with one attached hydrogen (secondary N) is 1. The van der Waals surface area contributed by atoms with E-state index in [9.17, 15) is 9.59 Å². The topological polar surface area (TPSA) is 98.8 Å². The maximum Gasteiger partial charge on any atom is 0.277 e. The number of amides is 2. The molecular formula is C27H26N4O5. The van der Waals surface area contributed by atoms with Crippen LogP contribution < -0.4 is 19.7 Å². The zero-order valence-corrected chi connectivity index (χ0v) is 20.2. The van der Waals surface area contributed by atoms with Crippen molar-refractivity contribution >= 4 is 17.5 Å². The minimum Gasteiger partial charge on any atom is -0.497 e. The number of ether oxygens (including phenoxy) is 2. The fourth-order valence-electron chi connectivity index (χ4n) is 4.38. The molecule has 1 atom stereocenters. The van der Waals surface area contributed by atoms with Crippen molar-refractivity contribution in [1.29, 1.82) is 0 Å². The average molecular weight is 487 g/mol. The van der Waals surface area contributed by atoms with Gasteiger partial charge in [-0.2, -0.15) is 5.10 Å². The van der Waals surface area contributed by atoms with Crippen LogP contribution in [0.1, 0.15) is 23.0 Å². The molecule has 2 amide bonds. The van der Waals surface area contributed by atoms with Crippen LogP contribution in [0.15, 0.2) is 77.4 Å². The molecule has 0 unspecified atom stereocenters. The van der Waals surface area contributed by atoms with E-state index in [4.69, 9.17) is 13.9 Å². The van der Waals surface area contributed by atoms with Gasteiger partial charge in [0.2, 0.25) is 5.91 Å². The minimum atomic E-state index is -1.25. The number of furan rings is 1. The Morgan fingerprint density at radius 2 is 1.72 bits per heavy atom. The van der Waals surface area contributed by atoms with Crippen LogP contribution >= 0.6 is 0 Å². The first-order valence-corrected chi connectivity index (χ1v) is 11.4. The van der Waals surface area contributed by atoms with E-state index in [1.807, 2.05) is 24.3 Å². The number of rotatable bonds is 7. The van der Waals surface area contributed by atoms with E-state index in [1.165, 1.54) is 4.90 Å². The van der Waals surface area contributed by atoms with Crippen LogP contribution in [0.5, 0.6) is 11.5 Å². The van der Waals surface area contributed by atoms with Crippen LogP contribution in [-0.2, 0) is 17.9 Å². The lowest BCUT2D eigenvalue weighted by molar-refractivity contribution is -0.126. The van der Waals surface area contributed by atoms with Gasteiger partial charge in [-0.25, -0.2) is 0 Å². The molecule has 0 aliphatic carbocycles. The quantitative estimate of drug-likeness (QED) is 0.426. The van der Waals surface area contributed by atoms with Gasteiger partial charge < -0.3 is 19.2 Å². The number of methoxy groups -OCH3 is 2. The van der Waals surface area contributed by atoms with E-state index < -0.39 is 5.54 Å². The normalized spacial score (nSPS) is 17.0. The van der Waals surface area contributed by atoms with Crippen molar-refractivity contribution in [3.63, 3.8) is 0 Å². The minimum absolute atomic E-state index is 0.162. The highest BCUT2D eigenvalue weighted by atomic mass is 16.5. The van der Waals surface area contributed by atoms with Gasteiger partial charge in [0, 0.05) is 18.3 Å². The van der Waals surface area contributed by atoms with Gasteiger partial charge in [-0.05, 0) is 61.0 Å². The van der Waals surface area contributed by atoms with Crippen LogP contribution in [0.2, 0.25) is 0 Å². The van der Waals surface area contributed by atoms with E-state index in [2.05, 4.69) is 10.4 Å². The van der Waals surface area contributed by atoms with Gasteiger partial charge in [-0.15, -0.1) is 0 Å². The highest BCUT2D eigenvalue weighted by molar-refractivity contribution is 6.12. The number of aromatic nitrogens is 2. The highest BCUT2D eigenvalue weighted by Gasteiger charge is 2.49. The van der Waals surface area contributed by atoms with Gasteiger partial charge in [0.25, 0.3) is 5.91 Å². The van der Waals surface area contributed by atoms with Crippen molar-refractivity contribution in [2.75, 3.05) is 19.1 Å². The van der Waals surface area contributed by atoms with E-state index in [0.717, 1.165) is 11.3 Å². The van der Waals surface area contributed by atoms with Gasteiger partial charge in [0.05, 0.1) is 27.0 Å². The van der Waals surface area contributed by atoms with Gasteiger partial charge >= 0.3 is 0 Å². The second-order valence-corrected chi connectivity index (χ2v) is 8.69. The molecule has 1 aliphatic rings. The first-order chi connectivity index (χ1) is 17.4. The largest absolute Gasteiger partial charge is 0.497 e. The van der Waals surface area contributed by atoms with Gasteiger partial charge in [0.1, 0.15) is 28.4 Å². The zero-order chi connectivity index (χ0) is 25.3. The van der Waals surface area contributed by atoms with Crippen LogP contribution in [0.4, 0.5) is 5.69 Å². The standard InChI is InChI=1S/C27H26N4O5/c1-27(26(33)28-16-18-6-10-20(34-2)11-7-18)17-30-23(15-22(29-30)24-5-4-14-36-24)25(32)31(27)19-8-12-21(35-3)13-9-19/h4-15H,16-17H2,1-3H3,(H,28,33)/t27-/m0/s1. The van der Waals surface area contributed by atoms with Crippen LogP contribution in [-0.4, -0.2) is 41.4 Å². The second-order valence-electron chi connectivity index (χ2n) is 8.69. The lowest BCUT2D eigenvalue weighted by Crippen LogP contribution is -2.64. The fraction of sp³-hybridized carbons (Fsp3) is 0.222. The number of hydrogen-bond donors (Lipinski definition) is 1. The maximum absolute atomic E-state index is 13.8. The molecule has 36 heavy (non-hydrogen) atoms.